The Morgan fingerprint density at radius 2 is 1.96 bits per heavy atom. The van der Waals surface area contributed by atoms with Gasteiger partial charge in [-0.3, -0.25) is 0 Å². The van der Waals surface area contributed by atoms with Crippen LogP contribution < -0.4 is 0 Å². The van der Waals surface area contributed by atoms with Crippen LogP contribution in [0.3, 0.4) is 0 Å². The lowest BCUT2D eigenvalue weighted by Gasteiger charge is -2.03. The van der Waals surface area contributed by atoms with Gasteiger partial charge >= 0.3 is 5.97 Å². The second-order valence-electron chi connectivity index (χ2n) is 4.72. The van der Waals surface area contributed by atoms with E-state index in [9.17, 15) is 9.18 Å². The van der Waals surface area contributed by atoms with Crippen LogP contribution in [0.4, 0.5) is 4.39 Å². The number of nitrogens with zero attached hydrogens (tertiary/aromatic N) is 2. The molecule has 1 heterocycles. The molecule has 0 aliphatic rings. The maximum atomic E-state index is 13.6. The van der Waals surface area contributed by atoms with E-state index in [1.807, 2.05) is 0 Å². The van der Waals surface area contributed by atoms with Gasteiger partial charge in [-0.15, -0.1) is 0 Å². The number of ether oxygens (including phenoxy) is 1. The van der Waals surface area contributed by atoms with Gasteiger partial charge in [0, 0.05) is 15.6 Å². The van der Waals surface area contributed by atoms with Gasteiger partial charge in [-0.2, -0.15) is 4.98 Å². The lowest BCUT2D eigenvalue weighted by atomic mass is 10.2. The summed E-state index contributed by atoms with van der Waals surface area (Å²) in [6, 6.07) is 10.6. The number of rotatable bonds is 4. The van der Waals surface area contributed by atoms with E-state index in [2.05, 4.69) is 10.1 Å². The van der Waals surface area contributed by atoms with E-state index in [0.717, 1.165) is 6.07 Å². The Balaban J connectivity index is 1.68. The minimum absolute atomic E-state index is 0.0766. The number of esters is 1. The molecule has 3 rings (SSSR count). The predicted molar refractivity (Wildman–Crippen MR) is 85.3 cm³/mol. The molecule has 0 bridgehead atoms. The molecule has 5 nitrogen and oxygen atoms in total. The summed E-state index contributed by atoms with van der Waals surface area (Å²) in [4.78, 5) is 16.0. The quantitative estimate of drug-likeness (QED) is 0.634. The van der Waals surface area contributed by atoms with Crippen molar-refractivity contribution in [3.05, 3.63) is 69.8 Å². The van der Waals surface area contributed by atoms with Crippen molar-refractivity contribution in [2.24, 2.45) is 0 Å². The topological polar surface area (TPSA) is 65.2 Å². The average molecular weight is 367 g/mol. The number of halogens is 3. The van der Waals surface area contributed by atoms with Gasteiger partial charge in [0.25, 0.3) is 5.89 Å². The van der Waals surface area contributed by atoms with Crippen LogP contribution in [0.25, 0.3) is 11.4 Å². The first kappa shape index (κ1) is 16.4. The second-order valence-corrected chi connectivity index (χ2v) is 5.60. The summed E-state index contributed by atoms with van der Waals surface area (Å²) in [7, 11) is 0. The standard InChI is InChI=1S/C16H9Cl2FN2O3/c17-10-3-1-2-9(6-10)15-20-14(24-21-15)8-23-16(22)12-5-4-11(18)7-13(12)19/h1-7H,8H2. The first-order valence-electron chi connectivity index (χ1n) is 6.73. The molecule has 0 saturated carbocycles. The first-order chi connectivity index (χ1) is 11.5. The van der Waals surface area contributed by atoms with Crippen molar-refractivity contribution in [2.45, 2.75) is 6.61 Å². The van der Waals surface area contributed by atoms with Gasteiger partial charge in [0.1, 0.15) is 5.82 Å². The van der Waals surface area contributed by atoms with E-state index in [-0.39, 0.29) is 23.1 Å². The Labute approximate surface area is 146 Å². The minimum atomic E-state index is -0.855. The normalized spacial score (nSPS) is 10.6. The molecule has 8 heteroatoms. The monoisotopic (exact) mass is 366 g/mol. The van der Waals surface area contributed by atoms with Crippen LogP contribution in [0, 0.1) is 5.82 Å². The van der Waals surface area contributed by atoms with Crippen molar-refractivity contribution in [1.82, 2.24) is 10.1 Å². The van der Waals surface area contributed by atoms with Crippen molar-refractivity contribution in [3.8, 4) is 11.4 Å². The maximum absolute atomic E-state index is 13.6. The van der Waals surface area contributed by atoms with E-state index in [0.29, 0.717) is 16.4 Å². The van der Waals surface area contributed by atoms with Gasteiger partial charge in [0.15, 0.2) is 6.61 Å². The van der Waals surface area contributed by atoms with Gasteiger partial charge in [0.2, 0.25) is 5.82 Å². The molecule has 0 spiro atoms. The smallest absolute Gasteiger partial charge is 0.341 e. The van der Waals surface area contributed by atoms with Crippen LogP contribution in [-0.4, -0.2) is 16.1 Å². The Kier molecular flexibility index (Phi) is 4.78. The zero-order valence-electron chi connectivity index (χ0n) is 12.0. The summed E-state index contributed by atoms with van der Waals surface area (Å²) >= 11 is 11.5. The van der Waals surface area contributed by atoms with E-state index in [1.165, 1.54) is 12.1 Å². The Morgan fingerprint density at radius 1 is 1.17 bits per heavy atom. The van der Waals surface area contributed by atoms with Crippen LogP contribution in [0.15, 0.2) is 47.0 Å². The van der Waals surface area contributed by atoms with Gasteiger partial charge in [0.05, 0.1) is 5.56 Å². The molecule has 0 N–H and O–H groups in total. The maximum Gasteiger partial charge on any atom is 0.341 e. The number of hydrogen-bond acceptors (Lipinski definition) is 5. The molecule has 2 aromatic carbocycles. The summed E-state index contributed by atoms with van der Waals surface area (Å²) in [5, 5.41) is 4.50. The number of carbonyl (C=O) groups is 1. The number of benzene rings is 2. The number of carbonyl (C=O) groups excluding carboxylic acids is 1. The summed E-state index contributed by atoms with van der Waals surface area (Å²) in [6.45, 7) is -0.283. The van der Waals surface area contributed by atoms with Crippen LogP contribution in [0.1, 0.15) is 16.2 Å². The highest BCUT2D eigenvalue weighted by atomic mass is 35.5. The summed E-state index contributed by atoms with van der Waals surface area (Å²) in [5.41, 5.74) is 0.432. The van der Waals surface area contributed by atoms with Crippen molar-refractivity contribution < 1.29 is 18.4 Å². The molecule has 0 amide bonds. The van der Waals surface area contributed by atoms with Crippen molar-refractivity contribution >= 4 is 29.2 Å². The van der Waals surface area contributed by atoms with Crippen molar-refractivity contribution in [1.29, 1.82) is 0 Å². The van der Waals surface area contributed by atoms with Crippen LogP contribution in [-0.2, 0) is 11.3 Å². The molecule has 0 unspecified atom stereocenters. The highest BCUT2D eigenvalue weighted by Crippen LogP contribution is 2.20. The van der Waals surface area contributed by atoms with Gasteiger partial charge < -0.3 is 9.26 Å². The van der Waals surface area contributed by atoms with Crippen molar-refractivity contribution in [2.75, 3.05) is 0 Å². The molecule has 1 aromatic heterocycles. The minimum Gasteiger partial charge on any atom is -0.452 e. The molecular weight excluding hydrogens is 358 g/mol. The van der Waals surface area contributed by atoms with Gasteiger partial charge in [-0.25, -0.2) is 9.18 Å². The molecule has 0 saturated heterocycles. The summed E-state index contributed by atoms with van der Waals surface area (Å²) in [6.07, 6.45) is 0. The Hall–Kier alpha value is -2.44. The molecule has 0 atom stereocenters. The number of hydrogen-bond donors (Lipinski definition) is 0. The zero-order chi connectivity index (χ0) is 17.1. The molecule has 0 fully saturated rings. The van der Waals surface area contributed by atoms with E-state index in [4.69, 9.17) is 32.5 Å². The zero-order valence-corrected chi connectivity index (χ0v) is 13.5. The Bertz CT molecular complexity index is 899. The summed E-state index contributed by atoms with van der Waals surface area (Å²) in [5.74, 6) is -1.24. The molecule has 0 aliphatic heterocycles. The molecule has 0 aliphatic carbocycles. The first-order valence-corrected chi connectivity index (χ1v) is 7.49. The summed E-state index contributed by atoms with van der Waals surface area (Å²) < 4.78 is 23.6. The third kappa shape index (κ3) is 3.72. The molecule has 0 radical (unpaired) electrons. The van der Waals surface area contributed by atoms with E-state index < -0.39 is 11.8 Å². The highest BCUT2D eigenvalue weighted by molar-refractivity contribution is 6.31. The fraction of sp³-hybridized carbons (Fsp3) is 0.0625. The highest BCUT2D eigenvalue weighted by Gasteiger charge is 2.16. The molecule has 24 heavy (non-hydrogen) atoms. The fourth-order valence-electron chi connectivity index (χ4n) is 1.92. The Morgan fingerprint density at radius 3 is 2.71 bits per heavy atom. The SMILES string of the molecule is O=C(OCc1nc(-c2cccc(Cl)c2)no1)c1ccc(Cl)cc1F. The van der Waals surface area contributed by atoms with Gasteiger partial charge in [-0.05, 0) is 30.3 Å². The van der Waals surface area contributed by atoms with E-state index in [1.54, 1.807) is 24.3 Å². The largest absolute Gasteiger partial charge is 0.452 e. The van der Waals surface area contributed by atoms with Crippen LogP contribution in [0.5, 0.6) is 0 Å². The lowest BCUT2D eigenvalue weighted by molar-refractivity contribution is 0.0424. The van der Waals surface area contributed by atoms with Gasteiger partial charge in [-0.1, -0.05) is 40.5 Å². The molecule has 3 aromatic rings. The third-order valence-electron chi connectivity index (χ3n) is 3.03. The second kappa shape index (κ2) is 6.98. The predicted octanol–water partition coefficient (Wildman–Crippen LogP) is 4.54. The molecule has 122 valence electrons. The molecular formula is C16H9Cl2FN2O3. The van der Waals surface area contributed by atoms with Crippen LogP contribution in [0.2, 0.25) is 10.0 Å². The number of aromatic nitrogens is 2. The third-order valence-corrected chi connectivity index (χ3v) is 3.50. The van der Waals surface area contributed by atoms with Crippen LogP contribution >= 0.6 is 23.2 Å². The lowest BCUT2D eigenvalue weighted by Crippen LogP contribution is -2.07. The van der Waals surface area contributed by atoms with E-state index >= 15 is 0 Å². The fourth-order valence-corrected chi connectivity index (χ4v) is 2.27. The van der Waals surface area contributed by atoms with Crippen molar-refractivity contribution in [3.63, 3.8) is 0 Å². The average Bonchev–Trinajstić information content (AvgIpc) is 3.01.